The fourth-order valence-electron chi connectivity index (χ4n) is 2.57. The molecule has 1 amide bonds. The number of anilines is 1. The molecule has 4 nitrogen and oxygen atoms in total. The van der Waals surface area contributed by atoms with Crippen LogP contribution in [0, 0.1) is 13.8 Å². The van der Waals surface area contributed by atoms with Crippen LogP contribution in [0.1, 0.15) is 24.0 Å². The second-order valence-electron chi connectivity index (χ2n) is 5.35. The first-order valence-electron chi connectivity index (χ1n) is 6.91. The molecule has 1 heterocycles. The van der Waals surface area contributed by atoms with Crippen molar-refractivity contribution < 1.29 is 4.79 Å². The Kier molecular flexibility index (Phi) is 6.46. The molecule has 2 rings (SSSR count). The molecule has 1 aromatic rings. The standard InChI is InChI=1S/C15H23N3O.ClH/c1-11-5-6-13(8-12(11)2)17-15(19)10-18-7-3-4-14(18)9-16;/h5-6,8,14H,3-4,7,9-10,16H2,1-2H3,(H,17,19);1H. The zero-order chi connectivity index (χ0) is 13.8. The molecule has 0 aromatic heterocycles. The fourth-order valence-corrected chi connectivity index (χ4v) is 2.57. The van der Waals surface area contributed by atoms with Crippen molar-refractivity contribution in [1.29, 1.82) is 0 Å². The highest BCUT2D eigenvalue weighted by molar-refractivity contribution is 5.92. The molecule has 1 unspecified atom stereocenters. The molecule has 0 spiro atoms. The lowest BCUT2D eigenvalue weighted by Crippen LogP contribution is -2.40. The number of carbonyl (C=O) groups excluding carboxylic acids is 1. The van der Waals surface area contributed by atoms with Crippen LogP contribution < -0.4 is 11.1 Å². The first-order chi connectivity index (χ1) is 9.10. The number of amides is 1. The number of benzene rings is 1. The Morgan fingerprint density at radius 2 is 2.15 bits per heavy atom. The zero-order valence-corrected chi connectivity index (χ0v) is 13.0. The number of hydrogen-bond acceptors (Lipinski definition) is 3. The molecule has 1 fully saturated rings. The maximum absolute atomic E-state index is 12.0. The largest absolute Gasteiger partial charge is 0.329 e. The van der Waals surface area contributed by atoms with Gasteiger partial charge in [0.05, 0.1) is 6.54 Å². The third kappa shape index (κ3) is 4.20. The van der Waals surface area contributed by atoms with Crippen LogP contribution in [0.3, 0.4) is 0 Å². The third-order valence-corrected chi connectivity index (χ3v) is 3.91. The van der Waals surface area contributed by atoms with E-state index in [1.807, 2.05) is 18.2 Å². The maximum atomic E-state index is 12.0. The van der Waals surface area contributed by atoms with Gasteiger partial charge in [-0.15, -0.1) is 12.4 Å². The lowest BCUT2D eigenvalue weighted by Gasteiger charge is -2.22. The Morgan fingerprint density at radius 1 is 1.40 bits per heavy atom. The molecule has 0 saturated carbocycles. The molecular weight excluding hydrogens is 274 g/mol. The predicted molar refractivity (Wildman–Crippen MR) is 85.4 cm³/mol. The molecular formula is C15H24ClN3O. The van der Waals surface area contributed by atoms with Crippen molar-refractivity contribution in [1.82, 2.24) is 4.90 Å². The normalized spacial score (nSPS) is 18.6. The Hall–Kier alpha value is -1.10. The van der Waals surface area contributed by atoms with Crippen LogP contribution in [0.5, 0.6) is 0 Å². The highest BCUT2D eigenvalue weighted by atomic mass is 35.5. The van der Waals surface area contributed by atoms with E-state index in [9.17, 15) is 4.79 Å². The number of nitrogens with zero attached hydrogens (tertiary/aromatic N) is 1. The van der Waals surface area contributed by atoms with Gasteiger partial charge in [-0.1, -0.05) is 6.07 Å². The molecule has 1 saturated heterocycles. The number of rotatable bonds is 4. The predicted octanol–water partition coefficient (Wildman–Crippen LogP) is 2.09. The molecule has 1 aliphatic heterocycles. The van der Waals surface area contributed by atoms with Crippen LogP contribution in [-0.2, 0) is 4.79 Å². The monoisotopic (exact) mass is 297 g/mol. The van der Waals surface area contributed by atoms with Gasteiger partial charge in [0.1, 0.15) is 0 Å². The van der Waals surface area contributed by atoms with Crippen LogP contribution in [0.4, 0.5) is 5.69 Å². The second-order valence-corrected chi connectivity index (χ2v) is 5.35. The lowest BCUT2D eigenvalue weighted by atomic mass is 10.1. The van der Waals surface area contributed by atoms with Gasteiger partial charge < -0.3 is 11.1 Å². The fraction of sp³-hybridized carbons (Fsp3) is 0.533. The van der Waals surface area contributed by atoms with Crippen LogP contribution in [0.2, 0.25) is 0 Å². The minimum absolute atomic E-state index is 0. The van der Waals surface area contributed by atoms with Crippen molar-refractivity contribution >= 4 is 24.0 Å². The smallest absolute Gasteiger partial charge is 0.238 e. The summed E-state index contributed by atoms with van der Waals surface area (Å²) in [6, 6.07) is 6.36. The Bertz CT molecular complexity index is 464. The second kappa shape index (κ2) is 7.62. The van der Waals surface area contributed by atoms with E-state index < -0.39 is 0 Å². The summed E-state index contributed by atoms with van der Waals surface area (Å²) in [5, 5.41) is 2.96. The van der Waals surface area contributed by atoms with Gasteiger partial charge >= 0.3 is 0 Å². The summed E-state index contributed by atoms with van der Waals surface area (Å²) in [7, 11) is 0. The number of halogens is 1. The summed E-state index contributed by atoms with van der Waals surface area (Å²) in [6.07, 6.45) is 2.24. The van der Waals surface area contributed by atoms with E-state index >= 15 is 0 Å². The van der Waals surface area contributed by atoms with Gasteiger partial charge in [0, 0.05) is 18.3 Å². The quantitative estimate of drug-likeness (QED) is 0.895. The summed E-state index contributed by atoms with van der Waals surface area (Å²) in [5.74, 6) is 0.0450. The molecule has 0 aliphatic carbocycles. The molecule has 0 radical (unpaired) electrons. The molecule has 5 heteroatoms. The molecule has 1 atom stereocenters. The van der Waals surface area contributed by atoms with E-state index in [2.05, 4.69) is 24.1 Å². The van der Waals surface area contributed by atoms with Crippen molar-refractivity contribution in [3.05, 3.63) is 29.3 Å². The lowest BCUT2D eigenvalue weighted by molar-refractivity contribution is -0.117. The van der Waals surface area contributed by atoms with Gasteiger partial charge in [-0.05, 0) is 56.5 Å². The van der Waals surface area contributed by atoms with Gasteiger partial charge in [0.2, 0.25) is 5.91 Å². The van der Waals surface area contributed by atoms with Crippen molar-refractivity contribution in [2.75, 3.05) is 25.0 Å². The minimum atomic E-state index is 0. The van der Waals surface area contributed by atoms with E-state index in [1.165, 1.54) is 11.1 Å². The van der Waals surface area contributed by atoms with Crippen LogP contribution >= 0.6 is 12.4 Å². The molecule has 1 aromatic carbocycles. The third-order valence-electron chi connectivity index (χ3n) is 3.91. The molecule has 0 bridgehead atoms. The van der Waals surface area contributed by atoms with Gasteiger partial charge in [0.25, 0.3) is 0 Å². The number of likely N-dealkylation sites (tertiary alicyclic amines) is 1. The number of hydrogen-bond donors (Lipinski definition) is 2. The van der Waals surface area contributed by atoms with Crippen molar-refractivity contribution in [3.8, 4) is 0 Å². The minimum Gasteiger partial charge on any atom is -0.329 e. The summed E-state index contributed by atoms with van der Waals surface area (Å²) >= 11 is 0. The SMILES string of the molecule is Cc1ccc(NC(=O)CN2CCCC2CN)cc1C.Cl. The van der Waals surface area contributed by atoms with E-state index in [0.717, 1.165) is 25.1 Å². The summed E-state index contributed by atoms with van der Waals surface area (Å²) < 4.78 is 0. The molecule has 1 aliphatic rings. The van der Waals surface area contributed by atoms with Gasteiger partial charge in [-0.25, -0.2) is 0 Å². The highest BCUT2D eigenvalue weighted by Crippen LogP contribution is 2.17. The zero-order valence-electron chi connectivity index (χ0n) is 12.2. The van der Waals surface area contributed by atoms with E-state index in [4.69, 9.17) is 5.73 Å². The summed E-state index contributed by atoms with van der Waals surface area (Å²) in [6.45, 7) is 6.17. The van der Waals surface area contributed by atoms with Crippen molar-refractivity contribution in [3.63, 3.8) is 0 Å². The number of aryl methyl sites for hydroxylation is 2. The van der Waals surface area contributed by atoms with Gasteiger partial charge in [-0.3, -0.25) is 9.69 Å². The highest BCUT2D eigenvalue weighted by Gasteiger charge is 2.24. The molecule has 20 heavy (non-hydrogen) atoms. The number of nitrogens with one attached hydrogen (secondary N) is 1. The average molecular weight is 298 g/mol. The van der Waals surface area contributed by atoms with Gasteiger partial charge in [-0.2, -0.15) is 0 Å². The molecule has 112 valence electrons. The van der Waals surface area contributed by atoms with E-state index in [0.29, 0.717) is 19.1 Å². The van der Waals surface area contributed by atoms with E-state index in [-0.39, 0.29) is 18.3 Å². The number of carbonyl (C=O) groups is 1. The van der Waals surface area contributed by atoms with Crippen molar-refractivity contribution in [2.24, 2.45) is 5.73 Å². The van der Waals surface area contributed by atoms with E-state index in [1.54, 1.807) is 0 Å². The Labute approximate surface area is 127 Å². The van der Waals surface area contributed by atoms with Crippen LogP contribution in [-0.4, -0.2) is 36.5 Å². The van der Waals surface area contributed by atoms with Crippen molar-refractivity contribution in [2.45, 2.75) is 32.7 Å². The van der Waals surface area contributed by atoms with Gasteiger partial charge in [0.15, 0.2) is 0 Å². The maximum Gasteiger partial charge on any atom is 0.238 e. The summed E-state index contributed by atoms with van der Waals surface area (Å²) in [5.41, 5.74) is 9.02. The van der Waals surface area contributed by atoms with Crippen LogP contribution in [0.25, 0.3) is 0 Å². The number of nitrogens with two attached hydrogens (primary N) is 1. The Morgan fingerprint density at radius 3 is 2.80 bits per heavy atom. The van der Waals surface area contributed by atoms with Crippen LogP contribution in [0.15, 0.2) is 18.2 Å². The topological polar surface area (TPSA) is 58.4 Å². The first kappa shape index (κ1) is 17.0. The first-order valence-corrected chi connectivity index (χ1v) is 6.91. The summed E-state index contributed by atoms with van der Waals surface area (Å²) in [4.78, 5) is 14.2. The molecule has 3 N–H and O–H groups in total. The average Bonchev–Trinajstić information content (AvgIpc) is 2.81. The Balaban J connectivity index is 0.00000200.